The lowest BCUT2D eigenvalue weighted by atomic mass is 9.85. The first kappa shape index (κ1) is 32.7. The Balaban J connectivity index is 1.39. The summed E-state index contributed by atoms with van der Waals surface area (Å²) in [6, 6.07) is 16.7. The molecule has 2 aromatic carbocycles. The zero-order valence-electron chi connectivity index (χ0n) is 27.3. The lowest BCUT2D eigenvalue weighted by Gasteiger charge is -2.30. The Kier molecular flexibility index (Phi) is 10.2. The number of hydrogen-bond donors (Lipinski definition) is 2. The van der Waals surface area contributed by atoms with Crippen molar-refractivity contribution in [2.45, 2.75) is 113 Å². The Labute approximate surface area is 273 Å². The molecule has 2 aromatic heterocycles. The first-order valence-corrected chi connectivity index (χ1v) is 18.2. The zero-order valence-corrected chi connectivity index (χ0v) is 29.0. The van der Waals surface area contributed by atoms with Crippen LogP contribution < -0.4 is 0 Å². The molecule has 2 atom stereocenters. The molecule has 0 radical (unpaired) electrons. The predicted octanol–water partition coefficient (Wildman–Crippen LogP) is 10.5. The third-order valence-electron chi connectivity index (χ3n) is 8.88. The maximum atomic E-state index is 11.5. The van der Waals surface area contributed by atoms with Gasteiger partial charge in [-0.2, -0.15) is 23.5 Å². The summed E-state index contributed by atoms with van der Waals surface area (Å²) in [6.07, 6.45) is 15.5. The second kappa shape index (κ2) is 13.7. The van der Waals surface area contributed by atoms with Crippen molar-refractivity contribution in [3.63, 3.8) is 0 Å². The summed E-state index contributed by atoms with van der Waals surface area (Å²) < 4.78 is 4.04. The van der Waals surface area contributed by atoms with Crippen LogP contribution in [0.15, 0.2) is 73.3 Å². The fourth-order valence-corrected chi connectivity index (χ4v) is 9.08. The topological polar surface area (TPSA) is 50.3 Å². The minimum atomic E-state index is -0.0171. The number of aromatic nitrogens is 2. The van der Waals surface area contributed by atoms with Gasteiger partial charge in [-0.05, 0) is 71.2 Å². The van der Waals surface area contributed by atoms with Gasteiger partial charge in [0.05, 0.1) is 11.4 Å². The Hall–Kier alpha value is -2.70. The van der Waals surface area contributed by atoms with E-state index in [0.717, 1.165) is 34.0 Å². The molecule has 236 valence electrons. The summed E-state index contributed by atoms with van der Waals surface area (Å²) in [5, 5.41) is 23.9. The van der Waals surface area contributed by atoms with Crippen LogP contribution in [0.5, 0.6) is 11.5 Å². The predicted molar refractivity (Wildman–Crippen MR) is 190 cm³/mol. The fraction of sp³-hybridized carbons (Fsp3) is 0.474. The molecule has 1 aliphatic rings. The van der Waals surface area contributed by atoms with E-state index in [1.54, 1.807) is 0 Å². The van der Waals surface area contributed by atoms with Gasteiger partial charge in [-0.25, -0.2) is 0 Å². The van der Waals surface area contributed by atoms with Gasteiger partial charge in [-0.1, -0.05) is 79.4 Å². The minimum Gasteiger partial charge on any atom is -0.505 e. The lowest BCUT2D eigenvalue weighted by Crippen LogP contribution is -2.22. The molecule has 5 rings (SSSR count). The monoisotopic (exact) mass is 630 g/mol. The average Bonchev–Trinajstić information content (AvgIpc) is 3.68. The second-order valence-corrected chi connectivity index (χ2v) is 16.8. The summed E-state index contributed by atoms with van der Waals surface area (Å²) >= 11 is 4.02. The molecule has 1 unspecified atom stereocenters. The highest BCUT2D eigenvalue weighted by Crippen LogP contribution is 2.42. The fourth-order valence-electron chi connectivity index (χ4n) is 6.02. The minimum absolute atomic E-state index is 0.0171. The van der Waals surface area contributed by atoms with Crippen LogP contribution in [-0.4, -0.2) is 29.8 Å². The molecule has 2 heterocycles. The zero-order chi connectivity index (χ0) is 31.5. The van der Waals surface area contributed by atoms with Crippen LogP contribution >= 0.6 is 23.5 Å². The molecule has 4 aromatic rings. The number of rotatable bonds is 8. The second-order valence-electron chi connectivity index (χ2n) is 14.4. The molecule has 4 nitrogen and oxygen atoms in total. The number of phenolic OH excluding ortho intramolecular Hbond substituents is 2. The molecule has 0 bridgehead atoms. The number of benzene rings is 2. The standard InChI is InChI=1S/C38H50N2O2S2/c1-37(2,3)29-21-27(35(41)31(23-29)39-17-11-12-18-39)25-43-33-15-9-7-8-10-16-34(33)44-26-28-22-30(38(4,5)6)24-32(36(28)42)40-19-13-14-20-40/h11-14,17-24,33-34,41-42H,7-10,15-16,25-26H2,1-6H3/t33-,34?/m0/s1. The van der Waals surface area contributed by atoms with Crippen molar-refractivity contribution in [3.8, 4) is 22.9 Å². The Morgan fingerprint density at radius 1 is 0.591 bits per heavy atom. The maximum absolute atomic E-state index is 11.5. The highest BCUT2D eigenvalue weighted by atomic mass is 32.2. The van der Waals surface area contributed by atoms with Crippen LogP contribution in [0.4, 0.5) is 0 Å². The summed E-state index contributed by atoms with van der Waals surface area (Å²) in [7, 11) is 0. The quantitative estimate of drug-likeness (QED) is 0.203. The van der Waals surface area contributed by atoms with Gasteiger partial charge < -0.3 is 19.3 Å². The van der Waals surface area contributed by atoms with Gasteiger partial charge in [0.1, 0.15) is 11.5 Å². The summed E-state index contributed by atoms with van der Waals surface area (Å²) in [5.41, 5.74) is 6.20. The third-order valence-corrected chi connectivity index (χ3v) is 12.0. The number of phenols is 2. The SMILES string of the molecule is CC(C)(C)c1cc(CSC2CCCCCC[C@@H]2SCc2cc(C(C)(C)C)cc(-n3cccc3)c2O)c(O)c(-n2cccc2)c1. The van der Waals surface area contributed by atoms with Crippen LogP contribution in [0, 0.1) is 0 Å². The van der Waals surface area contributed by atoms with Crippen LogP contribution in [0.3, 0.4) is 0 Å². The molecule has 1 saturated carbocycles. The molecule has 0 spiro atoms. The first-order chi connectivity index (χ1) is 20.9. The average molecular weight is 631 g/mol. The maximum Gasteiger partial charge on any atom is 0.143 e. The largest absolute Gasteiger partial charge is 0.505 e. The first-order valence-electron chi connectivity index (χ1n) is 16.1. The van der Waals surface area contributed by atoms with E-state index in [1.165, 1.54) is 49.7 Å². The van der Waals surface area contributed by atoms with Crippen molar-refractivity contribution in [1.29, 1.82) is 0 Å². The van der Waals surface area contributed by atoms with Crippen LogP contribution in [0.2, 0.25) is 0 Å². The highest BCUT2D eigenvalue weighted by molar-refractivity contribution is 8.03. The van der Waals surface area contributed by atoms with Crippen molar-refractivity contribution >= 4 is 23.5 Å². The Morgan fingerprint density at radius 2 is 0.955 bits per heavy atom. The Morgan fingerprint density at radius 3 is 1.30 bits per heavy atom. The molecular formula is C38H50N2O2S2. The van der Waals surface area contributed by atoms with Crippen molar-refractivity contribution in [2.75, 3.05) is 0 Å². The van der Waals surface area contributed by atoms with E-state index in [2.05, 4.69) is 65.8 Å². The molecule has 2 N–H and O–H groups in total. The molecule has 6 heteroatoms. The number of nitrogens with zero attached hydrogens (tertiary/aromatic N) is 2. The molecule has 0 amide bonds. The Bertz CT molecular complexity index is 1400. The van der Waals surface area contributed by atoms with Gasteiger partial charge in [0.25, 0.3) is 0 Å². The van der Waals surface area contributed by atoms with Gasteiger partial charge in [0, 0.05) is 57.9 Å². The van der Waals surface area contributed by atoms with Crippen molar-refractivity contribution in [2.24, 2.45) is 0 Å². The number of hydrogen-bond acceptors (Lipinski definition) is 4. The number of aromatic hydroxyl groups is 2. The van der Waals surface area contributed by atoms with Gasteiger partial charge >= 0.3 is 0 Å². The molecular weight excluding hydrogens is 581 g/mol. The molecule has 0 saturated heterocycles. The van der Waals surface area contributed by atoms with E-state index in [1.807, 2.05) is 81.7 Å². The molecule has 44 heavy (non-hydrogen) atoms. The summed E-state index contributed by atoms with van der Waals surface area (Å²) in [4.78, 5) is 0. The van der Waals surface area contributed by atoms with Gasteiger partial charge in [0.15, 0.2) is 0 Å². The van der Waals surface area contributed by atoms with Gasteiger partial charge in [0.2, 0.25) is 0 Å². The van der Waals surface area contributed by atoms with Gasteiger partial charge in [-0.15, -0.1) is 0 Å². The van der Waals surface area contributed by atoms with E-state index < -0.39 is 0 Å². The van der Waals surface area contributed by atoms with Crippen molar-refractivity contribution in [1.82, 2.24) is 9.13 Å². The highest BCUT2D eigenvalue weighted by Gasteiger charge is 2.27. The van der Waals surface area contributed by atoms with E-state index in [9.17, 15) is 10.2 Å². The van der Waals surface area contributed by atoms with E-state index in [4.69, 9.17) is 0 Å². The molecule has 0 aliphatic heterocycles. The van der Waals surface area contributed by atoms with Crippen LogP contribution in [0.25, 0.3) is 11.4 Å². The lowest BCUT2D eigenvalue weighted by molar-refractivity contribution is 0.465. The van der Waals surface area contributed by atoms with Crippen LogP contribution in [-0.2, 0) is 22.3 Å². The summed E-state index contributed by atoms with van der Waals surface area (Å²) in [5.74, 6) is 2.35. The van der Waals surface area contributed by atoms with E-state index in [-0.39, 0.29) is 10.8 Å². The van der Waals surface area contributed by atoms with Crippen molar-refractivity contribution in [3.05, 3.63) is 95.6 Å². The van der Waals surface area contributed by atoms with E-state index in [0.29, 0.717) is 22.0 Å². The normalized spacial score (nSPS) is 18.2. The summed E-state index contributed by atoms with van der Waals surface area (Å²) in [6.45, 7) is 13.4. The van der Waals surface area contributed by atoms with E-state index >= 15 is 0 Å². The van der Waals surface area contributed by atoms with Crippen LogP contribution in [0.1, 0.15) is 102 Å². The third kappa shape index (κ3) is 7.74. The molecule has 1 aliphatic carbocycles. The van der Waals surface area contributed by atoms with Gasteiger partial charge in [-0.3, -0.25) is 0 Å². The molecule has 1 fully saturated rings. The van der Waals surface area contributed by atoms with Crippen molar-refractivity contribution < 1.29 is 10.2 Å². The number of thioether (sulfide) groups is 2. The smallest absolute Gasteiger partial charge is 0.143 e.